The Morgan fingerprint density at radius 1 is 1.08 bits per heavy atom. The number of piperidine rings is 1. The van der Waals surface area contributed by atoms with Gasteiger partial charge in [0.05, 0.1) is 17.3 Å². The van der Waals surface area contributed by atoms with Crippen molar-refractivity contribution in [3.63, 3.8) is 0 Å². The second-order valence-corrected chi connectivity index (χ2v) is 7.39. The van der Waals surface area contributed by atoms with Gasteiger partial charge in [0.15, 0.2) is 0 Å². The summed E-state index contributed by atoms with van der Waals surface area (Å²) in [5, 5.41) is 7.22. The van der Waals surface area contributed by atoms with Gasteiger partial charge in [-0.25, -0.2) is 0 Å². The van der Waals surface area contributed by atoms with E-state index in [-0.39, 0.29) is 11.4 Å². The molecule has 0 radical (unpaired) electrons. The Bertz CT molecular complexity index is 691. The van der Waals surface area contributed by atoms with Gasteiger partial charge in [-0.1, -0.05) is 0 Å². The molecule has 24 heavy (non-hydrogen) atoms. The first-order valence-corrected chi connectivity index (χ1v) is 8.65. The summed E-state index contributed by atoms with van der Waals surface area (Å²) in [5.41, 5.74) is 2.48. The number of carbonyl (C=O) groups excluding carboxylic acids is 1. The summed E-state index contributed by atoms with van der Waals surface area (Å²) in [7, 11) is 0. The fourth-order valence-corrected chi connectivity index (χ4v) is 2.92. The van der Waals surface area contributed by atoms with Gasteiger partial charge in [0.25, 0.3) is 5.91 Å². The molecule has 1 aromatic carbocycles. The van der Waals surface area contributed by atoms with E-state index in [4.69, 9.17) is 0 Å². The van der Waals surface area contributed by atoms with Crippen LogP contribution in [0.2, 0.25) is 0 Å². The van der Waals surface area contributed by atoms with Crippen molar-refractivity contribution >= 4 is 17.3 Å². The molecule has 0 atom stereocenters. The summed E-state index contributed by atoms with van der Waals surface area (Å²) in [5.74, 6) is -0.128. The van der Waals surface area contributed by atoms with E-state index >= 15 is 0 Å². The van der Waals surface area contributed by atoms with E-state index in [2.05, 4.69) is 48.2 Å². The van der Waals surface area contributed by atoms with Gasteiger partial charge in [-0.05, 0) is 64.3 Å². The molecule has 1 N–H and O–H groups in total. The van der Waals surface area contributed by atoms with E-state index in [0.717, 1.165) is 18.8 Å². The number of aromatic nitrogens is 2. The first-order chi connectivity index (χ1) is 11.4. The summed E-state index contributed by atoms with van der Waals surface area (Å²) in [6, 6.07) is 8.10. The maximum absolute atomic E-state index is 12.4. The lowest BCUT2D eigenvalue weighted by atomic mass is 10.1. The number of rotatable bonds is 3. The predicted octanol–water partition coefficient (Wildman–Crippen LogP) is 3.88. The number of amides is 1. The lowest BCUT2D eigenvalue weighted by Gasteiger charge is -2.28. The molecule has 2 heterocycles. The summed E-state index contributed by atoms with van der Waals surface area (Å²) >= 11 is 0. The lowest BCUT2D eigenvalue weighted by Crippen LogP contribution is -2.29. The van der Waals surface area contributed by atoms with Crippen LogP contribution in [0, 0.1) is 0 Å². The van der Waals surface area contributed by atoms with Gasteiger partial charge in [-0.15, -0.1) is 0 Å². The SMILES string of the molecule is CC(C)(C)n1cc(C(=O)Nc2ccc(N3CCCCC3)cc2)cn1. The molecule has 1 saturated heterocycles. The molecule has 0 aliphatic carbocycles. The van der Waals surface area contributed by atoms with E-state index in [1.54, 1.807) is 17.1 Å². The summed E-state index contributed by atoms with van der Waals surface area (Å²) in [6.45, 7) is 8.42. The second kappa shape index (κ2) is 6.67. The Morgan fingerprint density at radius 2 is 1.75 bits per heavy atom. The van der Waals surface area contributed by atoms with Crippen LogP contribution in [0.3, 0.4) is 0 Å². The molecule has 5 nitrogen and oxygen atoms in total. The Balaban J connectivity index is 1.65. The largest absolute Gasteiger partial charge is 0.372 e. The predicted molar refractivity (Wildman–Crippen MR) is 97.7 cm³/mol. The van der Waals surface area contributed by atoms with Crippen molar-refractivity contribution in [3.05, 3.63) is 42.2 Å². The van der Waals surface area contributed by atoms with E-state index < -0.39 is 0 Å². The molecular weight excluding hydrogens is 300 g/mol. The molecule has 1 aromatic heterocycles. The van der Waals surface area contributed by atoms with Crippen LogP contribution in [-0.4, -0.2) is 28.8 Å². The highest BCUT2D eigenvalue weighted by atomic mass is 16.1. The molecule has 1 aliphatic rings. The Hall–Kier alpha value is -2.30. The van der Waals surface area contributed by atoms with Crippen LogP contribution in [0.4, 0.5) is 11.4 Å². The van der Waals surface area contributed by atoms with E-state index in [1.807, 2.05) is 12.1 Å². The van der Waals surface area contributed by atoms with Gasteiger partial charge in [0, 0.05) is 30.7 Å². The van der Waals surface area contributed by atoms with Crippen molar-refractivity contribution in [3.8, 4) is 0 Å². The number of nitrogens with zero attached hydrogens (tertiary/aromatic N) is 3. The van der Waals surface area contributed by atoms with E-state index in [1.165, 1.54) is 24.9 Å². The molecule has 0 spiro atoms. The van der Waals surface area contributed by atoms with Gasteiger partial charge in [0.1, 0.15) is 0 Å². The summed E-state index contributed by atoms with van der Waals surface area (Å²) in [6.07, 6.45) is 7.25. The molecule has 1 fully saturated rings. The minimum atomic E-state index is -0.130. The Morgan fingerprint density at radius 3 is 2.33 bits per heavy atom. The zero-order valence-electron chi connectivity index (χ0n) is 14.7. The molecule has 128 valence electrons. The van der Waals surface area contributed by atoms with Crippen LogP contribution in [0.15, 0.2) is 36.7 Å². The zero-order valence-corrected chi connectivity index (χ0v) is 14.7. The number of benzene rings is 1. The zero-order chi connectivity index (χ0) is 17.2. The number of carbonyl (C=O) groups is 1. The molecule has 2 aromatic rings. The molecule has 0 bridgehead atoms. The van der Waals surface area contributed by atoms with Crippen molar-refractivity contribution in [2.75, 3.05) is 23.3 Å². The van der Waals surface area contributed by atoms with Gasteiger partial charge in [-0.2, -0.15) is 5.10 Å². The number of hydrogen-bond donors (Lipinski definition) is 1. The summed E-state index contributed by atoms with van der Waals surface area (Å²) in [4.78, 5) is 14.8. The quantitative estimate of drug-likeness (QED) is 0.931. The third-order valence-electron chi connectivity index (χ3n) is 4.38. The Kier molecular flexibility index (Phi) is 4.60. The topological polar surface area (TPSA) is 50.2 Å². The van der Waals surface area contributed by atoms with Crippen molar-refractivity contribution in [1.82, 2.24) is 9.78 Å². The van der Waals surface area contributed by atoms with Gasteiger partial charge < -0.3 is 10.2 Å². The number of nitrogens with one attached hydrogen (secondary N) is 1. The van der Waals surface area contributed by atoms with Crippen molar-refractivity contribution < 1.29 is 4.79 Å². The highest BCUT2D eigenvalue weighted by Gasteiger charge is 2.17. The average Bonchev–Trinajstić information content (AvgIpc) is 3.07. The minimum absolute atomic E-state index is 0.128. The molecule has 0 unspecified atom stereocenters. The molecule has 0 saturated carbocycles. The highest BCUT2D eigenvalue weighted by Crippen LogP contribution is 2.22. The average molecular weight is 326 g/mol. The fourth-order valence-electron chi connectivity index (χ4n) is 2.92. The third-order valence-corrected chi connectivity index (χ3v) is 4.38. The molecule has 1 aliphatic heterocycles. The monoisotopic (exact) mass is 326 g/mol. The lowest BCUT2D eigenvalue weighted by molar-refractivity contribution is 0.102. The van der Waals surface area contributed by atoms with Crippen LogP contribution >= 0.6 is 0 Å². The highest BCUT2D eigenvalue weighted by molar-refractivity contribution is 6.04. The normalized spacial score (nSPS) is 15.4. The van der Waals surface area contributed by atoms with Crippen LogP contribution in [0.5, 0.6) is 0 Å². The maximum atomic E-state index is 12.4. The fraction of sp³-hybridized carbons (Fsp3) is 0.474. The van der Waals surface area contributed by atoms with Gasteiger partial charge in [-0.3, -0.25) is 9.48 Å². The first kappa shape index (κ1) is 16.6. The second-order valence-electron chi connectivity index (χ2n) is 7.39. The first-order valence-electron chi connectivity index (χ1n) is 8.65. The number of anilines is 2. The standard InChI is InChI=1S/C19H26N4O/c1-19(2,3)23-14-15(13-20-23)18(24)21-16-7-9-17(10-8-16)22-11-5-4-6-12-22/h7-10,13-14H,4-6,11-12H2,1-3H3,(H,21,24). The molecule has 5 heteroatoms. The van der Waals surface area contributed by atoms with Crippen molar-refractivity contribution in [1.29, 1.82) is 0 Å². The van der Waals surface area contributed by atoms with Crippen molar-refractivity contribution in [2.24, 2.45) is 0 Å². The summed E-state index contributed by atoms with van der Waals surface area (Å²) < 4.78 is 1.81. The molecular formula is C19H26N4O. The minimum Gasteiger partial charge on any atom is -0.372 e. The van der Waals surface area contributed by atoms with Crippen LogP contribution in [0.1, 0.15) is 50.4 Å². The van der Waals surface area contributed by atoms with Crippen LogP contribution in [0.25, 0.3) is 0 Å². The van der Waals surface area contributed by atoms with E-state index in [0.29, 0.717) is 5.56 Å². The van der Waals surface area contributed by atoms with Crippen LogP contribution < -0.4 is 10.2 Å². The molecule has 1 amide bonds. The smallest absolute Gasteiger partial charge is 0.258 e. The number of hydrogen-bond acceptors (Lipinski definition) is 3. The van der Waals surface area contributed by atoms with Crippen molar-refractivity contribution in [2.45, 2.75) is 45.6 Å². The molecule has 3 rings (SSSR count). The van der Waals surface area contributed by atoms with Gasteiger partial charge in [0.2, 0.25) is 0 Å². The van der Waals surface area contributed by atoms with E-state index in [9.17, 15) is 4.79 Å². The van der Waals surface area contributed by atoms with Crippen LogP contribution in [-0.2, 0) is 5.54 Å². The van der Waals surface area contributed by atoms with Gasteiger partial charge >= 0.3 is 0 Å². The third kappa shape index (κ3) is 3.78. The Labute approximate surface area is 143 Å². The maximum Gasteiger partial charge on any atom is 0.258 e.